The number of ether oxygens (including phenoxy) is 1. The highest BCUT2D eigenvalue weighted by Crippen LogP contribution is 2.19. The standard InChI is InChI=1S/C16H24O2/c1-6-7-14(4)12-16(9-8-13(2)3)10-11-18-15(5)17/h7,10,14H,1-2,8-9,11-12H2,3-5H3/b16-10+. The molecule has 2 heteroatoms. The van der Waals surface area contributed by atoms with E-state index < -0.39 is 0 Å². The zero-order valence-corrected chi connectivity index (χ0v) is 11.8. The van der Waals surface area contributed by atoms with Crippen LogP contribution in [0.15, 0.2) is 42.2 Å². The molecule has 0 spiro atoms. The first-order valence-corrected chi connectivity index (χ1v) is 6.27. The maximum absolute atomic E-state index is 10.7. The largest absolute Gasteiger partial charge is 0.462 e. The molecular formula is C16H24O2. The Morgan fingerprint density at radius 2 is 2.06 bits per heavy atom. The Kier molecular flexibility index (Phi) is 8.69. The van der Waals surface area contributed by atoms with Crippen molar-refractivity contribution in [2.75, 3.05) is 6.61 Å². The Balaban J connectivity index is 4.44. The second-order valence-electron chi connectivity index (χ2n) is 4.67. The van der Waals surface area contributed by atoms with Gasteiger partial charge in [0.05, 0.1) is 0 Å². The molecule has 18 heavy (non-hydrogen) atoms. The van der Waals surface area contributed by atoms with Crippen molar-refractivity contribution in [1.29, 1.82) is 0 Å². The molecule has 0 amide bonds. The Morgan fingerprint density at radius 3 is 2.56 bits per heavy atom. The lowest BCUT2D eigenvalue weighted by atomic mass is 9.96. The number of carbonyl (C=O) groups is 1. The zero-order chi connectivity index (χ0) is 14.0. The molecular weight excluding hydrogens is 224 g/mol. The molecule has 0 fully saturated rings. The quantitative estimate of drug-likeness (QED) is 0.365. The van der Waals surface area contributed by atoms with Crippen LogP contribution in [0.3, 0.4) is 0 Å². The average molecular weight is 248 g/mol. The molecule has 0 saturated carbocycles. The van der Waals surface area contributed by atoms with Crippen molar-refractivity contribution >= 4 is 5.97 Å². The monoisotopic (exact) mass is 248 g/mol. The van der Waals surface area contributed by atoms with Gasteiger partial charge < -0.3 is 4.74 Å². The van der Waals surface area contributed by atoms with E-state index in [9.17, 15) is 4.79 Å². The first kappa shape index (κ1) is 16.5. The minimum atomic E-state index is -0.246. The van der Waals surface area contributed by atoms with Gasteiger partial charge in [-0.05, 0) is 44.3 Å². The van der Waals surface area contributed by atoms with Gasteiger partial charge in [0, 0.05) is 6.92 Å². The highest BCUT2D eigenvalue weighted by atomic mass is 16.5. The van der Waals surface area contributed by atoms with Crippen LogP contribution in [0.1, 0.15) is 40.0 Å². The van der Waals surface area contributed by atoms with Crippen LogP contribution in [0.4, 0.5) is 0 Å². The summed E-state index contributed by atoms with van der Waals surface area (Å²) in [5, 5.41) is 0. The predicted molar refractivity (Wildman–Crippen MR) is 76.3 cm³/mol. The summed E-state index contributed by atoms with van der Waals surface area (Å²) < 4.78 is 4.94. The molecule has 0 bridgehead atoms. The number of hydrogen-bond acceptors (Lipinski definition) is 2. The van der Waals surface area contributed by atoms with Crippen molar-refractivity contribution < 1.29 is 9.53 Å². The number of rotatable bonds is 8. The molecule has 0 rings (SSSR count). The summed E-state index contributed by atoms with van der Waals surface area (Å²) in [7, 11) is 0. The number of allylic oxidation sites excluding steroid dienone is 3. The molecule has 2 nitrogen and oxygen atoms in total. The third-order valence-corrected chi connectivity index (χ3v) is 2.52. The molecule has 0 radical (unpaired) electrons. The Hall–Kier alpha value is -1.53. The highest BCUT2D eigenvalue weighted by Gasteiger charge is 2.04. The maximum atomic E-state index is 10.7. The summed E-state index contributed by atoms with van der Waals surface area (Å²) in [6.45, 7) is 13.4. The van der Waals surface area contributed by atoms with Gasteiger partial charge in [-0.15, -0.1) is 12.3 Å². The van der Waals surface area contributed by atoms with E-state index in [4.69, 9.17) is 4.74 Å². The molecule has 0 aromatic carbocycles. The van der Waals surface area contributed by atoms with Crippen molar-refractivity contribution in [3.05, 3.63) is 42.2 Å². The SMILES string of the molecule is C=C=CC(C)C/C(=C/COC(C)=O)CCC(=C)C. The van der Waals surface area contributed by atoms with E-state index in [1.165, 1.54) is 18.1 Å². The van der Waals surface area contributed by atoms with Gasteiger partial charge in [0.2, 0.25) is 0 Å². The Morgan fingerprint density at radius 1 is 1.39 bits per heavy atom. The fourth-order valence-corrected chi connectivity index (χ4v) is 1.61. The molecule has 0 aliphatic carbocycles. The van der Waals surface area contributed by atoms with E-state index in [-0.39, 0.29) is 5.97 Å². The van der Waals surface area contributed by atoms with Gasteiger partial charge in [0.25, 0.3) is 0 Å². The summed E-state index contributed by atoms with van der Waals surface area (Å²) in [6.07, 6.45) is 6.83. The minimum absolute atomic E-state index is 0.246. The molecule has 1 unspecified atom stereocenters. The van der Waals surface area contributed by atoms with Gasteiger partial charge in [0.1, 0.15) is 6.61 Å². The summed E-state index contributed by atoms with van der Waals surface area (Å²) in [5.74, 6) is 0.153. The van der Waals surface area contributed by atoms with Gasteiger partial charge in [-0.2, -0.15) is 0 Å². The lowest BCUT2D eigenvalue weighted by molar-refractivity contribution is -0.139. The summed E-state index contributed by atoms with van der Waals surface area (Å²) >= 11 is 0. The topological polar surface area (TPSA) is 26.3 Å². The van der Waals surface area contributed by atoms with Crippen LogP contribution in [0.2, 0.25) is 0 Å². The van der Waals surface area contributed by atoms with Crippen LogP contribution in [0.25, 0.3) is 0 Å². The molecule has 1 atom stereocenters. The second-order valence-corrected chi connectivity index (χ2v) is 4.67. The second kappa shape index (κ2) is 9.49. The summed E-state index contributed by atoms with van der Waals surface area (Å²) in [5.41, 5.74) is 5.26. The van der Waals surface area contributed by atoms with E-state index in [0.717, 1.165) is 19.3 Å². The third kappa shape index (κ3) is 9.68. The van der Waals surface area contributed by atoms with Crippen molar-refractivity contribution in [3.63, 3.8) is 0 Å². The van der Waals surface area contributed by atoms with Crippen molar-refractivity contribution in [2.24, 2.45) is 5.92 Å². The van der Waals surface area contributed by atoms with Crippen LogP contribution in [-0.2, 0) is 9.53 Å². The van der Waals surface area contributed by atoms with E-state index in [1.54, 1.807) is 0 Å². The van der Waals surface area contributed by atoms with Crippen molar-refractivity contribution in [1.82, 2.24) is 0 Å². The lowest BCUT2D eigenvalue weighted by Crippen LogP contribution is -2.01. The summed E-state index contributed by atoms with van der Waals surface area (Å²) in [4.78, 5) is 10.7. The van der Waals surface area contributed by atoms with Crippen molar-refractivity contribution in [2.45, 2.75) is 40.0 Å². The first-order valence-electron chi connectivity index (χ1n) is 6.27. The fourth-order valence-electron chi connectivity index (χ4n) is 1.61. The summed E-state index contributed by atoms with van der Waals surface area (Å²) in [6, 6.07) is 0. The van der Waals surface area contributed by atoms with E-state index in [1.807, 2.05) is 19.1 Å². The van der Waals surface area contributed by atoms with Crippen LogP contribution < -0.4 is 0 Å². The van der Waals surface area contributed by atoms with Crippen LogP contribution in [-0.4, -0.2) is 12.6 Å². The molecule has 0 saturated heterocycles. The first-order chi connectivity index (χ1) is 8.45. The molecule has 0 heterocycles. The smallest absolute Gasteiger partial charge is 0.302 e. The Labute approximate surface area is 111 Å². The predicted octanol–water partition coefficient (Wildman–Crippen LogP) is 4.20. The zero-order valence-electron chi connectivity index (χ0n) is 11.8. The van der Waals surface area contributed by atoms with Crippen LogP contribution in [0, 0.1) is 5.92 Å². The van der Waals surface area contributed by atoms with Gasteiger partial charge >= 0.3 is 5.97 Å². The maximum Gasteiger partial charge on any atom is 0.302 e. The molecule has 100 valence electrons. The van der Waals surface area contributed by atoms with Crippen LogP contribution in [0.5, 0.6) is 0 Å². The molecule has 0 aromatic heterocycles. The van der Waals surface area contributed by atoms with Gasteiger partial charge in [-0.1, -0.05) is 24.6 Å². The van der Waals surface area contributed by atoms with E-state index in [0.29, 0.717) is 12.5 Å². The van der Waals surface area contributed by atoms with Gasteiger partial charge in [-0.25, -0.2) is 0 Å². The van der Waals surface area contributed by atoms with E-state index >= 15 is 0 Å². The normalized spacial score (nSPS) is 12.5. The molecule has 0 aliphatic heterocycles. The van der Waals surface area contributed by atoms with Crippen LogP contribution >= 0.6 is 0 Å². The number of carbonyl (C=O) groups excluding carboxylic acids is 1. The van der Waals surface area contributed by atoms with Gasteiger partial charge in [0.15, 0.2) is 0 Å². The molecule has 0 aromatic rings. The average Bonchev–Trinajstić information content (AvgIpc) is 2.25. The number of esters is 1. The third-order valence-electron chi connectivity index (χ3n) is 2.52. The fraction of sp³-hybridized carbons (Fsp3) is 0.500. The lowest BCUT2D eigenvalue weighted by Gasteiger charge is -2.11. The molecule has 0 aliphatic rings. The minimum Gasteiger partial charge on any atom is -0.462 e. The molecule has 0 N–H and O–H groups in total. The van der Waals surface area contributed by atoms with Crippen molar-refractivity contribution in [3.8, 4) is 0 Å². The van der Waals surface area contributed by atoms with E-state index in [2.05, 4.69) is 25.8 Å². The van der Waals surface area contributed by atoms with Gasteiger partial charge in [-0.3, -0.25) is 4.79 Å². The number of hydrogen-bond donors (Lipinski definition) is 0. The highest BCUT2D eigenvalue weighted by molar-refractivity contribution is 5.66. The Bertz CT molecular complexity index is 357.